The summed E-state index contributed by atoms with van der Waals surface area (Å²) in [5, 5.41) is 3.49. The Bertz CT molecular complexity index is 1480. The molecular formula is C30H35Cl2N3O6S. The summed E-state index contributed by atoms with van der Waals surface area (Å²) in [6, 6.07) is 16.2. The van der Waals surface area contributed by atoms with E-state index in [1.54, 1.807) is 55.5 Å². The van der Waals surface area contributed by atoms with Crippen molar-refractivity contribution in [3.05, 3.63) is 82.3 Å². The molecule has 0 saturated heterocycles. The number of nitrogens with one attached hydrogen (secondary N) is 1. The summed E-state index contributed by atoms with van der Waals surface area (Å²) < 4.78 is 39.9. The van der Waals surface area contributed by atoms with Crippen LogP contribution in [0, 0.1) is 0 Å². The average molecular weight is 637 g/mol. The lowest BCUT2D eigenvalue weighted by Gasteiger charge is -2.33. The van der Waals surface area contributed by atoms with Crippen LogP contribution < -0.4 is 19.1 Å². The van der Waals surface area contributed by atoms with Crippen LogP contribution in [0.3, 0.4) is 0 Å². The quantitative estimate of drug-likeness (QED) is 0.264. The maximum atomic E-state index is 14.2. The molecule has 0 aliphatic heterocycles. The van der Waals surface area contributed by atoms with Crippen molar-refractivity contribution in [2.75, 3.05) is 25.1 Å². The number of hydrogen-bond donors (Lipinski definition) is 1. The predicted octanol–water partition coefficient (Wildman–Crippen LogP) is 5.54. The van der Waals surface area contributed by atoms with E-state index in [9.17, 15) is 18.0 Å². The Hall–Kier alpha value is -3.47. The Morgan fingerprint density at radius 3 is 2.14 bits per heavy atom. The smallest absolute Gasteiger partial charge is 0.264 e. The second-order valence-electron chi connectivity index (χ2n) is 9.58. The minimum absolute atomic E-state index is 0.0362. The van der Waals surface area contributed by atoms with E-state index >= 15 is 0 Å². The zero-order valence-electron chi connectivity index (χ0n) is 24.1. The van der Waals surface area contributed by atoms with E-state index in [0.717, 1.165) is 4.31 Å². The molecule has 0 aromatic heterocycles. The second kappa shape index (κ2) is 14.6. The fraction of sp³-hybridized carbons (Fsp3) is 0.333. The Labute approximate surface area is 257 Å². The topological polar surface area (TPSA) is 105 Å². The fourth-order valence-corrected chi connectivity index (χ4v) is 6.08. The number of carbonyl (C=O) groups excluding carboxylic acids is 2. The van der Waals surface area contributed by atoms with E-state index in [1.807, 2.05) is 13.8 Å². The Kier molecular flexibility index (Phi) is 11.5. The van der Waals surface area contributed by atoms with Crippen LogP contribution in [0.4, 0.5) is 5.69 Å². The SMILES string of the molecule is CCC(C)NC(=O)C(C)N(Cc1c(Cl)cccc1Cl)C(=O)CN(c1cc(OC)ccc1OC)S(=O)(=O)c1ccccc1. The average Bonchev–Trinajstić information content (AvgIpc) is 2.99. The highest BCUT2D eigenvalue weighted by atomic mass is 35.5. The van der Waals surface area contributed by atoms with Gasteiger partial charge in [-0.3, -0.25) is 13.9 Å². The van der Waals surface area contributed by atoms with Crippen LogP contribution in [0.2, 0.25) is 10.0 Å². The molecular weight excluding hydrogens is 601 g/mol. The molecule has 0 aliphatic rings. The number of amides is 2. The van der Waals surface area contributed by atoms with Crippen LogP contribution in [-0.4, -0.2) is 58.0 Å². The first-order valence-electron chi connectivity index (χ1n) is 13.3. The molecule has 3 aromatic carbocycles. The van der Waals surface area contributed by atoms with Gasteiger partial charge in [0.2, 0.25) is 11.8 Å². The van der Waals surface area contributed by atoms with E-state index in [4.69, 9.17) is 32.7 Å². The van der Waals surface area contributed by atoms with Gasteiger partial charge in [0.15, 0.2) is 0 Å². The molecule has 9 nitrogen and oxygen atoms in total. The fourth-order valence-electron chi connectivity index (χ4n) is 4.13. The highest BCUT2D eigenvalue weighted by Gasteiger charge is 2.34. The molecule has 0 aliphatic carbocycles. The van der Waals surface area contributed by atoms with Crippen LogP contribution in [0.25, 0.3) is 0 Å². The van der Waals surface area contributed by atoms with Gasteiger partial charge in [0.05, 0.1) is 24.8 Å². The van der Waals surface area contributed by atoms with Crippen molar-refractivity contribution in [2.45, 2.75) is 50.7 Å². The van der Waals surface area contributed by atoms with Crippen LogP contribution in [-0.2, 0) is 26.2 Å². The molecule has 226 valence electrons. The monoisotopic (exact) mass is 635 g/mol. The van der Waals surface area contributed by atoms with Gasteiger partial charge in [-0.15, -0.1) is 0 Å². The summed E-state index contributed by atoms with van der Waals surface area (Å²) in [7, 11) is -1.46. The van der Waals surface area contributed by atoms with Gasteiger partial charge in [0, 0.05) is 34.3 Å². The van der Waals surface area contributed by atoms with Crippen molar-refractivity contribution in [1.29, 1.82) is 0 Å². The van der Waals surface area contributed by atoms with E-state index in [1.165, 1.54) is 37.3 Å². The third-order valence-electron chi connectivity index (χ3n) is 6.82. The first-order valence-corrected chi connectivity index (χ1v) is 15.5. The Morgan fingerprint density at radius 2 is 1.57 bits per heavy atom. The van der Waals surface area contributed by atoms with Crippen molar-refractivity contribution in [2.24, 2.45) is 0 Å². The molecule has 2 unspecified atom stereocenters. The Morgan fingerprint density at radius 1 is 0.929 bits per heavy atom. The molecule has 0 heterocycles. The molecule has 2 atom stereocenters. The van der Waals surface area contributed by atoms with Crippen molar-refractivity contribution < 1.29 is 27.5 Å². The number of rotatable bonds is 13. The molecule has 42 heavy (non-hydrogen) atoms. The number of methoxy groups -OCH3 is 2. The lowest BCUT2D eigenvalue weighted by molar-refractivity contribution is -0.139. The van der Waals surface area contributed by atoms with Crippen molar-refractivity contribution >= 4 is 50.7 Å². The molecule has 12 heteroatoms. The predicted molar refractivity (Wildman–Crippen MR) is 165 cm³/mol. The van der Waals surface area contributed by atoms with Crippen LogP contribution in [0.5, 0.6) is 11.5 Å². The van der Waals surface area contributed by atoms with Crippen molar-refractivity contribution in [3.8, 4) is 11.5 Å². The van der Waals surface area contributed by atoms with E-state index in [-0.39, 0.29) is 28.9 Å². The second-order valence-corrected chi connectivity index (χ2v) is 12.3. The van der Waals surface area contributed by atoms with Crippen molar-refractivity contribution in [1.82, 2.24) is 10.2 Å². The van der Waals surface area contributed by atoms with Gasteiger partial charge in [-0.05, 0) is 56.7 Å². The Balaban J connectivity index is 2.14. The summed E-state index contributed by atoms with van der Waals surface area (Å²) in [5.74, 6) is -0.515. The normalized spacial score (nSPS) is 12.6. The van der Waals surface area contributed by atoms with Crippen LogP contribution in [0.1, 0.15) is 32.8 Å². The van der Waals surface area contributed by atoms with Gasteiger partial charge in [0.1, 0.15) is 24.1 Å². The van der Waals surface area contributed by atoms with Crippen LogP contribution >= 0.6 is 23.2 Å². The van der Waals surface area contributed by atoms with E-state index in [2.05, 4.69) is 5.32 Å². The number of benzene rings is 3. The van der Waals surface area contributed by atoms with Gasteiger partial charge in [-0.25, -0.2) is 8.42 Å². The summed E-state index contributed by atoms with van der Waals surface area (Å²) in [4.78, 5) is 28.6. The largest absolute Gasteiger partial charge is 0.497 e. The molecule has 0 spiro atoms. The van der Waals surface area contributed by atoms with Gasteiger partial charge in [-0.2, -0.15) is 0 Å². The molecule has 0 radical (unpaired) electrons. The first-order chi connectivity index (χ1) is 19.9. The number of anilines is 1. The highest BCUT2D eigenvalue weighted by molar-refractivity contribution is 7.92. The zero-order chi connectivity index (χ0) is 31.0. The maximum Gasteiger partial charge on any atom is 0.264 e. The number of sulfonamides is 1. The molecule has 0 bridgehead atoms. The van der Waals surface area contributed by atoms with Gasteiger partial charge in [-0.1, -0.05) is 54.4 Å². The summed E-state index contributed by atoms with van der Waals surface area (Å²) >= 11 is 12.9. The third-order valence-corrected chi connectivity index (χ3v) is 9.31. The van der Waals surface area contributed by atoms with E-state index < -0.39 is 34.4 Å². The highest BCUT2D eigenvalue weighted by Crippen LogP contribution is 2.36. The van der Waals surface area contributed by atoms with Crippen LogP contribution in [0.15, 0.2) is 71.6 Å². The lowest BCUT2D eigenvalue weighted by atomic mass is 10.1. The minimum Gasteiger partial charge on any atom is -0.497 e. The summed E-state index contributed by atoms with van der Waals surface area (Å²) in [6.45, 7) is 4.55. The summed E-state index contributed by atoms with van der Waals surface area (Å²) in [5.41, 5.74) is 0.510. The number of carbonyl (C=O) groups is 2. The maximum absolute atomic E-state index is 14.2. The molecule has 3 rings (SSSR count). The lowest BCUT2D eigenvalue weighted by Crippen LogP contribution is -2.52. The van der Waals surface area contributed by atoms with Gasteiger partial charge >= 0.3 is 0 Å². The number of halogens is 2. The van der Waals surface area contributed by atoms with E-state index in [0.29, 0.717) is 27.8 Å². The number of ether oxygens (including phenoxy) is 2. The zero-order valence-corrected chi connectivity index (χ0v) is 26.5. The minimum atomic E-state index is -4.30. The number of nitrogens with zero attached hydrogens (tertiary/aromatic N) is 2. The first kappa shape index (κ1) is 33.0. The number of hydrogen-bond acceptors (Lipinski definition) is 6. The van der Waals surface area contributed by atoms with Crippen molar-refractivity contribution in [3.63, 3.8) is 0 Å². The molecule has 0 fully saturated rings. The molecule has 1 N–H and O–H groups in total. The van der Waals surface area contributed by atoms with Gasteiger partial charge in [0.25, 0.3) is 10.0 Å². The molecule has 3 aromatic rings. The summed E-state index contributed by atoms with van der Waals surface area (Å²) in [6.07, 6.45) is 0.682. The third kappa shape index (κ3) is 7.67. The molecule has 2 amide bonds. The standard InChI is InChI=1S/C30H35Cl2N3O6S/c1-6-20(2)33-30(37)21(3)34(18-24-25(31)13-10-14-26(24)32)29(36)19-35(42(38,39)23-11-8-7-9-12-23)27-17-22(40-4)15-16-28(27)41-5/h7-17,20-21H,6,18-19H2,1-5H3,(H,33,37). The van der Waals surface area contributed by atoms with Gasteiger partial charge < -0.3 is 19.7 Å². The molecule has 0 saturated carbocycles.